The van der Waals surface area contributed by atoms with Crippen LogP contribution < -0.4 is 0 Å². The van der Waals surface area contributed by atoms with Gasteiger partial charge < -0.3 is 9.84 Å². The van der Waals surface area contributed by atoms with E-state index in [-0.39, 0.29) is 18.5 Å². The number of unbranched alkanes of at least 4 members (excludes halogenated alkanes) is 9. The number of carboxylic acids is 1. The molecule has 0 spiro atoms. The minimum absolute atomic E-state index is 0.106. The molecule has 0 aliphatic heterocycles. The molecule has 0 saturated carbocycles. The molecule has 0 fully saturated rings. The highest BCUT2D eigenvalue weighted by atomic mass is 16.5. The summed E-state index contributed by atoms with van der Waals surface area (Å²) in [6.07, 6.45) is 23.7. The van der Waals surface area contributed by atoms with Crippen LogP contribution in [0.25, 0.3) is 0 Å². The first-order valence-electron chi connectivity index (χ1n) is 11.8. The molecule has 0 aromatic rings. The molecule has 1 N–H and O–H groups in total. The molecule has 29 heavy (non-hydrogen) atoms. The minimum Gasteiger partial charge on any atom is -0.481 e. The number of carbonyl (C=O) groups excluding carboxylic acids is 1. The summed E-state index contributed by atoms with van der Waals surface area (Å²) in [7, 11) is 0. The Labute approximate surface area is 178 Å². The van der Waals surface area contributed by atoms with Crippen LogP contribution in [0.3, 0.4) is 0 Å². The molecule has 168 valence electrons. The van der Waals surface area contributed by atoms with Crippen LogP contribution in [0.4, 0.5) is 0 Å². The second-order valence-corrected chi connectivity index (χ2v) is 7.82. The lowest BCUT2D eigenvalue weighted by atomic mass is 10.1. The quantitative estimate of drug-likeness (QED) is 0.130. The van der Waals surface area contributed by atoms with Crippen LogP contribution in [-0.4, -0.2) is 23.1 Å². The van der Waals surface area contributed by atoms with E-state index < -0.39 is 5.97 Å². The Kier molecular flexibility index (Phi) is 20.0. The van der Waals surface area contributed by atoms with Crippen LogP contribution in [0.5, 0.6) is 0 Å². The van der Waals surface area contributed by atoms with Crippen molar-refractivity contribution in [2.75, 3.05) is 0 Å². The third-order valence-corrected chi connectivity index (χ3v) is 4.91. The predicted octanol–water partition coefficient (Wildman–Crippen LogP) is 7.38. The highest BCUT2D eigenvalue weighted by Gasteiger charge is 2.11. The third kappa shape index (κ3) is 21.0. The van der Waals surface area contributed by atoms with Crippen LogP contribution >= 0.6 is 0 Å². The molecule has 0 heterocycles. The number of hydrogen-bond donors (Lipinski definition) is 1. The van der Waals surface area contributed by atoms with E-state index in [1.165, 1.54) is 25.7 Å². The number of rotatable bonds is 20. The average molecular weight is 409 g/mol. The lowest BCUT2D eigenvalue weighted by Gasteiger charge is -2.14. The van der Waals surface area contributed by atoms with Crippen LogP contribution in [-0.2, 0) is 14.3 Å². The first-order chi connectivity index (χ1) is 14.1. The molecule has 0 radical (unpaired) electrons. The fourth-order valence-corrected chi connectivity index (χ4v) is 3.13. The summed E-state index contributed by atoms with van der Waals surface area (Å²) < 4.78 is 5.67. The van der Waals surface area contributed by atoms with Crippen LogP contribution in [0.2, 0.25) is 0 Å². The molecule has 0 bridgehead atoms. The molecule has 1 atom stereocenters. The van der Waals surface area contributed by atoms with Gasteiger partial charge in [-0.05, 0) is 51.0 Å². The summed E-state index contributed by atoms with van der Waals surface area (Å²) in [5.74, 6) is -0.837. The zero-order chi connectivity index (χ0) is 21.6. The molecule has 0 aliphatic rings. The van der Waals surface area contributed by atoms with Gasteiger partial charge in [-0.1, -0.05) is 77.0 Å². The van der Waals surface area contributed by atoms with Gasteiger partial charge in [0, 0.05) is 12.8 Å². The molecule has 0 aromatic heterocycles. The first kappa shape index (κ1) is 27.4. The number of allylic oxidation sites excluding steroid dienone is 3. The topological polar surface area (TPSA) is 63.6 Å². The van der Waals surface area contributed by atoms with E-state index in [1.807, 2.05) is 6.08 Å². The Bertz CT molecular complexity index is 454. The van der Waals surface area contributed by atoms with E-state index in [2.05, 4.69) is 32.1 Å². The fourth-order valence-electron chi connectivity index (χ4n) is 3.13. The van der Waals surface area contributed by atoms with Crippen molar-refractivity contribution >= 4 is 11.9 Å². The summed E-state index contributed by atoms with van der Waals surface area (Å²) in [4.78, 5) is 22.6. The van der Waals surface area contributed by atoms with Crippen LogP contribution in [0.1, 0.15) is 117 Å². The Morgan fingerprint density at radius 3 is 2.17 bits per heavy atom. The van der Waals surface area contributed by atoms with E-state index in [1.54, 1.807) is 0 Å². The van der Waals surface area contributed by atoms with Gasteiger partial charge in [0.2, 0.25) is 0 Å². The summed E-state index contributed by atoms with van der Waals surface area (Å²) >= 11 is 0. The molecular weight excluding hydrogens is 364 g/mol. The Morgan fingerprint density at radius 1 is 0.793 bits per heavy atom. The van der Waals surface area contributed by atoms with E-state index in [4.69, 9.17) is 9.84 Å². The van der Waals surface area contributed by atoms with Gasteiger partial charge in [0.25, 0.3) is 0 Å². The highest BCUT2D eigenvalue weighted by molar-refractivity contribution is 5.69. The number of carboxylic acid groups (broad SMARTS) is 1. The number of aliphatic carboxylic acids is 1. The first-order valence-corrected chi connectivity index (χ1v) is 11.8. The highest BCUT2D eigenvalue weighted by Crippen LogP contribution is 2.13. The monoisotopic (exact) mass is 408 g/mol. The van der Waals surface area contributed by atoms with Crippen molar-refractivity contribution in [3.63, 3.8) is 0 Å². The molecule has 0 aromatic carbocycles. The predicted molar refractivity (Wildman–Crippen MR) is 121 cm³/mol. The van der Waals surface area contributed by atoms with Crippen molar-refractivity contribution in [3.05, 3.63) is 24.3 Å². The van der Waals surface area contributed by atoms with Gasteiger partial charge in [0.1, 0.15) is 6.10 Å². The van der Waals surface area contributed by atoms with Gasteiger partial charge in [-0.2, -0.15) is 0 Å². The maximum absolute atomic E-state index is 12.1. The normalized spacial score (nSPS) is 12.6. The molecule has 1 unspecified atom stereocenters. The van der Waals surface area contributed by atoms with Crippen molar-refractivity contribution < 1.29 is 19.4 Å². The second kappa shape index (κ2) is 21.1. The van der Waals surface area contributed by atoms with Gasteiger partial charge in [-0.25, -0.2) is 0 Å². The van der Waals surface area contributed by atoms with Gasteiger partial charge >= 0.3 is 11.9 Å². The van der Waals surface area contributed by atoms with E-state index in [9.17, 15) is 9.59 Å². The van der Waals surface area contributed by atoms with Crippen molar-refractivity contribution in [2.24, 2.45) is 0 Å². The summed E-state index contributed by atoms with van der Waals surface area (Å²) in [6, 6.07) is 0. The molecule has 4 nitrogen and oxygen atoms in total. The van der Waals surface area contributed by atoms with Crippen LogP contribution in [0, 0.1) is 0 Å². The molecule has 0 amide bonds. The molecule has 0 saturated heterocycles. The molecular formula is C25H44O4. The van der Waals surface area contributed by atoms with Crippen molar-refractivity contribution in [2.45, 2.75) is 123 Å². The minimum atomic E-state index is -0.731. The number of ether oxygens (including phenoxy) is 1. The molecule has 0 aliphatic carbocycles. The Hall–Kier alpha value is -1.58. The standard InChI is InChI=1S/C25H44O4/c1-3-5-7-8-9-10-11-12-16-19-23(29-25(28)22-15-6-4-2)20-17-13-14-18-21-24(26)27/h10-11,16,19,23H,3-9,12-15,17-18,20-22H2,1-2H3,(H,26,27)/b11-10-,19-16-. The maximum atomic E-state index is 12.1. The summed E-state index contributed by atoms with van der Waals surface area (Å²) in [5.41, 5.74) is 0. The third-order valence-electron chi connectivity index (χ3n) is 4.91. The number of carbonyl (C=O) groups is 2. The van der Waals surface area contributed by atoms with Crippen LogP contribution in [0.15, 0.2) is 24.3 Å². The average Bonchev–Trinajstić information content (AvgIpc) is 2.69. The van der Waals surface area contributed by atoms with Gasteiger partial charge in [0.15, 0.2) is 0 Å². The maximum Gasteiger partial charge on any atom is 0.306 e. The number of hydrogen-bond acceptors (Lipinski definition) is 3. The smallest absolute Gasteiger partial charge is 0.306 e. The summed E-state index contributed by atoms with van der Waals surface area (Å²) in [5, 5.41) is 8.69. The Morgan fingerprint density at radius 2 is 1.45 bits per heavy atom. The largest absolute Gasteiger partial charge is 0.481 e. The lowest BCUT2D eigenvalue weighted by molar-refractivity contribution is -0.147. The zero-order valence-corrected chi connectivity index (χ0v) is 18.9. The lowest BCUT2D eigenvalue weighted by Crippen LogP contribution is -2.16. The molecule has 4 heteroatoms. The van der Waals surface area contributed by atoms with Crippen molar-refractivity contribution in [1.82, 2.24) is 0 Å². The summed E-state index contributed by atoms with van der Waals surface area (Å²) in [6.45, 7) is 4.35. The van der Waals surface area contributed by atoms with Crippen molar-refractivity contribution in [1.29, 1.82) is 0 Å². The van der Waals surface area contributed by atoms with E-state index in [0.29, 0.717) is 6.42 Å². The van der Waals surface area contributed by atoms with Gasteiger partial charge in [0.05, 0.1) is 0 Å². The van der Waals surface area contributed by atoms with Gasteiger partial charge in [-0.3, -0.25) is 9.59 Å². The SMILES string of the molecule is CCCCCC/C=C\C/C=C\C(CCCCCCC(=O)O)OC(=O)CCCCC. The van der Waals surface area contributed by atoms with Crippen molar-refractivity contribution in [3.8, 4) is 0 Å². The molecule has 0 rings (SSSR count). The number of esters is 1. The second-order valence-electron chi connectivity index (χ2n) is 7.82. The zero-order valence-electron chi connectivity index (χ0n) is 18.9. The Balaban J connectivity index is 4.22. The van der Waals surface area contributed by atoms with E-state index >= 15 is 0 Å². The van der Waals surface area contributed by atoms with E-state index in [0.717, 1.165) is 64.2 Å². The fraction of sp³-hybridized carbons (Fsp3) is 0.760. The van der Waals surface area contributed by atoms with Gasteiger partial charge in [-0.15, -0.1) is 0 Å².